The minimum Gasteiger partial charge on any atom is -0.356 e. The third-order valence-electron chi connectivity index (χ3n) is 2.65. The molecule has 0 radical (unpaired) electrons. The number of hydrogen-bond donors (Lipinski definition) is 2. The van der Waals surface area contributed by atoms with Crippen LogP contribution in [0, 0.1) is 5.92 Å². The second kappa shape index (κ2) is 5.58. The molecule has 0 spiro atoms. The molecule has 1 saturated heterocycles. The topological polar surface area (TPSA) is 75.4 Å². The van der Waals surface area contributed by atoms with E-state index in [1.54, 1.807) is 4.90 Å². The second-order valence-electron chi connectivity index (χ2n) is 3.91. The van der Waals surface area contributed by atoms with Crippen molar-refractivity contribution in [1.29, 1.82) is 0 Å². The Hall–Kier alpha value is -1.26. The van der Waals surface area contributed by atoms with E-state index in [2.05, 4.69) is 5.32 Å². The maximum absolute atomic E-state index is 11.6. The molecule has 0 aromatic carbocycles. The zero-order valence-corrected chi connectivity index (χ0v) is 9.16. The quantitative estimate of drug-likeness (QED) is 0.707. The molecule has 0 aromatic rings. The normalized spacial score (nSPS) is 21.1. The largest absolute Gasteiger partial charge is 0.356 e. The predicted molar refractivity (Wildman–Crippen MR) is 57.2 cm³/mol. The number of nitrogens with one attached hydrogen (secondary N) is 1. The van der Waals surface area contributed by atoms with Crippen LogP contribution in [0.25, 0.3) is 0 Å². The van der Waals surface area contributed by atoms with Crippen LogP contribution in [0.3, 0.4) is 0 Å². The molecule has 0 aliphatic carbocycles. The summed E-state index contributed by atoms with van der Waals surface area (Å²) in [6, 6.07) is -0.428. The number of nitrogens with two attached hydrogens (primary N) is 1. The summed E-state index contributed by atoms with van der Waals surface area (Å²) in [6.07, 6.45) is 2.63. The van der Waals surface area contributed by atoms with Crippen molar-refractivity contribution in [3.05, 3.63) is 0 Å². The molecule has 1 aliphatic rings. The standard InChI is InChI=1S/C10H19N3O2/c1-2-5-12-9(14)8-4-3-6-13(7-8)10(11)15/h8H,2-7H2,1H3,(H2,11,15)(H,12,14). The van der Waals surface area contributed by atoms with Gasteiger partial charge < -0.3 is 16.0 Å². The van der Waals surface area contributed by atoms with Crippen LogP contribution < -0.4 is 11.1 Å². The van der Waals surface area contributed by atoms with E-state index in [0.29, 0.717) is 19.6 Å². The molecular weight excluding hydrogens is 194 g/mol. The Balaban J connectivity index is 2.41. The van der Waals surface area contributed by atoms with Crippen LogP contribution in [0.15, 0.2) is 0 Å². The van der Waals surface area contributed by atoms with E-state index < -0.39 is 6.03 Å². The number of carbonyl (C=O) groups excluding carboxylic acids is 2. The average molecular weight is 213 g/mol. The summed E-state index contributed by atoms with van der Waals surface area (Å²) in [6.45, 7) is 3.85. The van der Waals surface area contributed by atoms with Crippen LogP contribution in [0.5, 0.6) is 0 Å². The molecular formula is C10H19N3O2. The van der Waals surface area contributed by atoms with E-state index in [4.69, 9.17) is 5.73 Å². The molecule has 86 valence electrons. The van der Waals surface area contributed by atoms with Gasteiger partial charge in [-0.15, -0.1) is 0 Å². The summed E-state index contributed by atoms with van der Waals surface area (Å²) in [5, 5.41) is 2.84. The number of nitrogens with zero attached hydrogens (tertiary/aromatic N) is 1. The van der Waals surface area contributed by atoms with E-state index in [9.17, 15) is 9.59 Å². The SMILES string of the molecule is CCCNC(=O)C1CCCN(C(N)=O)C1. The zero-order valence-electron chi connectivity index (χ0n) is 9.16. The van der Waals surface area contributed by atoms with Gasteiger partial charge in [-0.3, -0.25) is 4.79 Å². The number of amides is 3. The van der Waals surface area contributed by atoms with Gasteiger partial charge >= 0.3 is 6.03 Å². The van der Waals surface area contributed by atoms with Gasteiger partial charge in [-0.25, -0.2) is 4.79 Å². The Morgan fingerprint density at radius 2 is 2.27 bits per heavy atom. The highest BCUT2D eigenvalue weighted by molar-refractivity contribution is 5.80. The van der Waals surface area contributed by atoms with Gasteiger partial charge in [-0.1, -0.05) is 6.92 Å². The highest BCUT2D eigenvalue weighted by atomic mass is 16.2. The molecule has 1 fully saturated rings. The van der Waals surface area contributed by atoms with E-state index in [-0.39, 0.29) is 11.8 Å². The summed E-state index contributed by atoms with van der Waals surface area (Å²) in [7, 11) is 0. The van der Waals surface area contributed by atoms with E-state index in [1.807, 2.05) is 6.92 Å². The van der Waals surface area contributed by atoms with Gasteiger partial charge in [0, 0.05) is 19.6 Å². The Morgan fingerprint density at radius 1 is 1.53 bits per heavy atom. The fourth-order valence-electron chi connectivity index (χ4n) is 1.78. The monoisotopic (exact) mass is 213 g/mol. The fraction of sp³-hybridized carbons (Fsp3) is 0.800. The van der Waals surface area contributed by atoms with E-state index in [1.165, 1.54) is 0 Å². The molecule has 5 heteroatoms. The molecule has 5 nitrogen and oxygen atoms in total. The molecule has 1 unspecified atom stereocenters. The zero-order chi connectivity index (χ0) is 11.3. The van der Waals surface area contributed by atoms with E-state index >= 15 is 0 Å². The van der Waals surface area contributed by atoms with Gasteiger partial charge in [0.1, 0.15) is 0 Å². The molecule has 3 N–H and O–H groups in total. The van der Waals surface area contributed by atoms with Gasteiger partial charge in [0.15, 0.2) is 0 Å². The molecule has 0 aromatic heterocycles. The lowest BCUT2D eigenvalue weighted by Crippen LogP contribution is -2.47. The number of rotatable bonds is 3. The molecule has 1 atom stereocenters. The fourth-order valence-corrected chi connectivity index (χ4v) is 1.78. The van der Waals surface area contributed by atoms with Crippen molar-refractivity contribution >= 4 is 11.9 Å². The summed E-state index contributed by atoms with van der Waals surface area (Å²) >= 11 is 0. The molecule has 1 heterocycles. The van der Waals surface area contributed by atoms with Crippen molar-refractivity contribution in [2.45, 2.75) is 26.2 Å². The van der Waals surface area contributed by atoms with Crippen LogP contribution in [-0.2, 0) is 4.79 Å². The highest BCUT2D eigenvalue weighted by Gasteiger charge is 2.26. The first-order chi connectivity index (χ1) is 7.15. The molecule has 1 rings (SSSR count). The molecule has 0 saturated carbocycles. The molecule has 1 aliphatic heterocycles. The first-order valence-corrected chi connectivity index (χ1v) is 5.47. The summed E-state index contributed by atoms with van der Waals surface area (Å²) in [4.78, 5) is 24.1. The van der Waals surface area contributed by atoms with Crippen LogP contribution in [0.1, 0.15) is 26.2 Å². The lowest BCUT2D eigenvalue weighted by molar-refractivity contribution is -0.126. The highest BCUT2D eigenvalue weighted by Crippen LogP contribution is 2.16. The minimum atomic E-state index is -0.428. The van der Waals surface area contributed by atoms with Gasteiger partial charge in [0.05, 0.1) is 5.92 Å². The van der Waals surface area contributed by atoms with Crippen LogP contribution in [-0.4, -0.2) is 36.5 Å². The lowest BCUT2D eigenvalue weighted by Gasteiger charge is -2.30. The number of likely N-dealkylation sites (tertiary alicyclic amines) is 1. The second-order valence-corrected chi connectivity index (χ2v) is 3.91. The Morgan fingerprint density at radius 3 is 2.87 bits per heavy atom. The third kappa shape index (κ3) is 3.42. The number of piperidine rings is 1. The van der Waals surface area contributed by atoms with Crippen molar-refractivity contribution in [3.63, 3.8) is 0 Å². The van der Waals surface area contributed by atoms with Gasteiger partial charge in [0.2, 0.25) is 5.91 Å². The van der Waals surface area contributed by atoms with Gasteiger partial charge in [-0.2, -0.15) is 0 Å². The Kier molecular flexibility index (Phi) is 4.39. The lowest BCUT2D eigenvalue weighted by atomic mass is 9.97. The van der Waals surface area contributed by atoms with Gasteiger partial charge in [-0.05, 0) is 19.3 Å². The molecule has 0 bridgehead atoms. The third-order valence-corrected chi connectivity index (χ3v) is 2.65. The van der Waals surface area contributed by atoms with Crippen molar-refractivity contribution < 1.29 is 9.59 Å². The summed E-state index contributed by atoms with van der Waals surface area (Å²) in [5.74, 6) is -0.0411. The van der Waals surface area contributed by atoms with Gasteiger partial charge in [0.25, 0.3) is 0 Å². The Bertz CT molecular complexity index is 243. The maximum atomic E-state index is 11.6. The predicted octanol–water partition coefficient (Wildman–Crippen LogP) is 0.303. The number of urea groups is 1. The average Bonchev–Trinajstić information content (AvgIpc) is 2.26. The van der Waals surface area contributed by atoms with Crippen molar-refractivity contribution in [2.75, 3.05) is 19.6 Å². The Labute approximate surface area is 90.0 Å². The van der Waals surface area contributed by atoms with Crippen molar-refractivity contribution in [2.24, 2.45) is 11.7 Å². The molecule has 15 heavy (non-hydrogen) atoms. The summed E-state index contributed by atoms with van der Waals surface area (Å²) < 4.78 is 0. The van der Waals surface area contributed by atoms with E-state index in [0.717, 1.165) is 19.3 Å². The molecule has 3 amide bonds. The summed E-state index contributed by atoms with van der Waals surface area (Å²) in [5.41, 5.74) is 5.18. The smallest absolute Gasteiger partial charge is 0.314 e. The van der Waals surface area contributed by atoms with Crippen molar-refractivity contribution in [3.8, 4) is 0 Å². The number of carbonyl (C=O) groups is 2. The van der Waals surface area contributed by atoms with Crippen LogP contribution in [0.4, 0.5) is 4.79 Å². The number of primary amides is 1. The van der Waals surface area contributed by atoms with Crippen LogP contribution in [0.2, 0.25) is 0 Å². The first-order valence-electron chi connectivity index (χ1n) is 5.47. The maximum Gasteiger partial charge on any atom is 0.314 e. The van der Waals surface area contributed by atoms with Crippen LogP contribution >= 0.6 is 0 Å². The minimum absolute atomic E-state index is 0.0443. The number of hydrogen-bond acceptors (Lipinski definition) is 2. The first kappa shape index (κ1) is 11.8. The van der Waals surface area contributed by atoms with Crippen molar-refractivity contribution in [1.82, 2.24) is 10.2 Å².